The van der Waals surface area contributed by atoms with E-state index in [9.17, 15) is 19.7 Å². The van der Waals surface area contributed by atoms with Crippen LogP contribution in [-0.4, -0.2) is 29.3 Å². The molecule has 0 radical (unpaired) electrons. The van der Waals surface area contributed by atoms with Crippen LogP contribution in [0, 0.1) is 10.1 Å². The van der Waals surface area contributed by atoms with Gasteiger partial charge < -0.3 is 9.47 Å². The molecule has 1 aromatic rings. The number of esters is 2. The van der Waals surface area contributed by atoms with Crippen molar-refractivity contribution in [3.63, 3.8) is 0 Å². The molecule has 0 aliphatic rings. The molecule has 0 fully saturated rings. The van der Waals surface area contributed by atoms with Gasteiger partial charge in [-0.25, -0.2) is 0 Å². The molecule has 21 heavy (non-hydrogen) atoms. The van der Waals surface area contributed by atoms with Gasteiger partial charge in [0.2, 0.25) is 5.75 Å². The lowest BCUT2D eigenvalue weighted by atomic mass is 10.0. The summed E-state index contributed by atoms with van der Waals surface area (Å²) in [7, 11) is 0. The van der Waals surface area contributed by atoms with Gasteiger partial charge in [-0.3, -0.25) is 19.7 Å². The highest BCUT2D eigenvalue weighted by Crippen LogP contribution is 2.31. The lowest BCUT2D eigenvalue weighted by Crippen LogP contribution is -2.14. The molecule has 7 nitrogen and oxygen atoms in total. The molecule has 0 amide bonds. The van der Waals surface area contributed by atoms with Crippen LogP contribution in [0.4, 0.5) is 5.69 Å². The number of nitro groups is 1. The Kier molecular flexibility index (Phi) is 6.10. The smallest absolute Gasteiger partial charge is 0.326 e. The first-order chi connectivity index (χ1) is 9.90. The largest absolute Gasteiger partial charge is 0.466 e. The molecule has 114 valence electrons. The van der Waals surface area contributed by atoms with Gasteiger partial charge in [0.15, 0.2) is 0 Å². The van der Waals surface area contributed by atoms with E-state index in [0.717, 1.165) is 0 Å². The standard InChI is InChI=1S/C13H14ClNO6/c1-3-20-13(17)8(2)9-4-5-11(21-12(16)7-14)10(6-9)15(18)19/h4-6,8H,3,7H2,1-2H3. The van der Waals surface area contributed by atoms with Crippen LogP contribution < -0.4 is 4.74 Å². The molecule has 0 saturated carbocycles. The summed E-state index contributed by atoms with van der Waals surface area (Å²) in [6, 6.07) is 3.90. The van der Waals surface area contributed by atoms with Crippen LogP contribution in [0.3, 0.4) is 0 Å². The quantitative estimate of drug-likeness (QED) is 0.263. The van der Waals surface area contributed by atoms with Crippen molar-refractivity contribution in [1.82, 2.24) is 0 Å². The third-order valence-electron chi connectivity index (χ3n) is 2.65. The Labute approximate surface area is 125 Å². The minimum Gasteiger partial charge on any atom is -0.466 e. The molecule has 0 saturated heterocycles. The molecule has 1 atom stereocenters. The van der Waals surface area contributed by atoms with E-state index < -0.39 is 34.3 Å². The Morgan fingerprint density at radius 3 is 2.62 bits per heavy atom. The predicted molar refractivity (Wildman–Crippen MR) is 74.5 cm³/mol. The Morgan fingerprint density at radius 2 is 2.10 bits per heavy atom. The van der Waals surface area contributed by atoms with Crippen LogP contribution in [-0.2, 0) is 14.3 Å². The first kappa shape index (κ1) is 16.9. The summed E-state index contributed by atoms with van der Waals surface area (Å²) in [6.45, 7) is 3.46. The van der Waals surface area contributed by atoms with Crippen molar-refractivity contribution < 1.29 is 24.0 Å². The Hall–Kier alpha value is -2.15. The van der Waals surface area contributed by atoms with Gasteiger partial charge in [0.05, 0.1) is 17.4 Å². The number of alkyl halides is 1. The molecule has 0 spiro atoms. The number of rotatable bonds is 6. The van der Waals surface area contributed by atoms with Gasteiger partial charge in [0.25, 0.3) is 0 Å². The number of halogens is 1. The van der Waals surface area contributed by atoms with Gasteiger partial charge in [-0.1, -0.05) is 6.07 Å². The average molecular weight is 316 g/mol. The molecule has 0 aliphatic heterocycles. The highest BCUT2D eigenvalue weighted by molar-refractivity contribution is 6.26. The summed E-state index contributed by atoms with van der Waals surface area (Å²) in [5.74, 6) is -2.59. The van der Waals surface area contributed by atoms with Crippen molar-refractivity contribution in [3.05, 3.63) is 33.9 Å². The zero-order chi connectivity index (χ0) is 16.0. The summed E-state index contributed by atoms with van der Waals surface area (Å²) in [5.41, 5.74) is -0.0204. The van der Waals surface area contributed by atoms with Gasteiger partial charge in [0, 0.05) is 6.07 Å². The van der Waals surface area contributed by atoms with Gasteiger partial charge in [0.1, 0.15) is 5.88 Å². The van der Waals surface area contributed by atoms with Crippen molar-refractivity contribution in [2.24, 2.45) is 0 Å². The molecule has 0 N–H and O–H groups in total. The number of nitrogens with zero attached hydrogens (tertiary/aromatic N) is 1. The monoisotopic (exact) mass is 315 g/mol. The number of carbonyl (C=O) groups is 2. The number of ether oxygens (including phenoxy) is 2. The highest BCUT2D eigenvalue weighted by atomic mass is 35.5. The first-order valence-electron chi connectivity index (χ1n) is 6.12. The van der Waals surface area contributed by atoms with Crippen LogP contribution in [0.15, 0.2) is 18.2 Å². The SMILES string of the molecule is CCOC(=O)C(C)c1ccc(OC(=O)CCl)c([N+](=O)[O-])c1. The normalized spacial score (nSPS) is 11.6. The van der Waals surface area contributed by atoms with Crippen molar-refractivity contribution in [2.75, 3.05) is 12.5 Å². The maximum absolute atomic E-state index is 11.6. The van der Waals surface area contributed by atoms with E-state index in [1.807, 2.05) is 0 Å². The number of benzene rings is 1. The van der Waals surface area contributed by atoms with Crippen molar-refractivity contribution >= 4 is 29.2 Å². The molecule has 0 bridgehead atoms. The second-order valence-electron chi connectivity index (χ2n) is 4.07. The number of hydrogen-bond donors (Lipinski definition) is 0. The summed E-state index contributed by atoms with van der Waals surface area (Å²) < 4.78 is 9.63. The fourth-order valence-corrected chi connectivity index (χ4v) is 1.64. The van der Waals surface area contributed by atoms with E-state index in [4.69, 9.17) is 21.1 Å². The van der Waals surface area contributed by atoms with Crippen LogP contribution in [0.5, 0.6) is 5.75 Å². The summed E-state index contributed by atoms with van der Waals surface area (Å²) in [6.07, 6.45) is 0. The van der Waals surface area contributed by atoms with E-state index in [1.54, 1.807) is 13.8 Å². The van der Waals surface area contributed by atoms with E-state index in [0.29, 0.717) is 5.56 Å². The number of carbonyl (C=O) groups excluding carboxylic acids is 2. The van der Waals surface area contributed by atoms with Crippen LogP contribution in [0.25, 0.3) is 0 Å². The van der Waals surface area contributed by atoms with E-state index in [-0.39, 0.29) is 12.4 Å². The molecular weight excluding hydrogens is 302 g/mol. The zero-order valence-electron chi connectivity index (χ0n) is 11.5. The summed E-state index contributed by atoms with van der Waals surface area (Å²) in [4.78, 5) is 33.1. The fraction of sp³-hybridized carbons (Fsp3) is 0.385. The lowest BCUT2D eigenvalue weighted by Gasteiger charge is -2.11. The predicted octanol–water partition coefficient (Wildman–Crippen LogP) is 2.41. The molecule has 0 aliphatic carbocycles. The fourth-order valence-electron chi connectivity index (χ4n) is 1.59. The Morgan fingerprint density at radius 1 is 1.43 bits per heavy atom. The van der Waals surface area contributed by atoms with Crippen LogP contribution in [0.1, 0.15) is 25.3 Å². The maximum atomic E-state index is 11.6. The van der Waals surface area contributed by atoms with E-state index in [2.05, 4.69) is 0 Å². The van der Waals surface area contributed by atoms with E-state index >= 15 is 0 Å². The molecule has 1 rings (SSSR count). The lowest BCUT2D eigenvalue weighted by molar-refractivity contribution is -0.385. The number of hydrogen-bond acceptors (Lipinski definition) is 6. The van der Waals surface area contributed by atoms with Crippen LogP contribution in [0.2, 0.25) is 0 Å². The second kappa shape index (κ2) is 7.58. The Balaban J connectivity index is 3.11. The average Bonchev–Trinajstić information content (AvgIpc) is 2.46. The Bertz CT molecular complexity index is 560. The van der Waals surface area contributed by atoms with Crippen molar-refractivity contribution in [1.29, 1.82) is 0 Å². The molecule has 8 heteroatoms. The molecule has 0 heterocycles. The van der Waals surface area contributed by atoms with Crippen LogP contribution >= 0.6 is 11.6 Å². The van der Waals surface area contributed by atoms with Crippen molar-refractivity contribution in [2.45, 2.75) is 19.8 Å². The summed E-state index contributed by atoms with van der Waals surface area (Å²) >= 11 is 5.29. The maximum Gasteiger partial charge on any atom is 0.326 e. The van der Waals surface area contributed by atoms with Crippen molar-refractivity contribution in [3.8, 4) is 5.75 Å². The molecule has 1 aromatic carbocycles. The third kappa shape index (κ3) is 4.42. The van der Waals surface area contributed by atoms with Gasteiger partial charge in [-0.05, 0) is 25.5 Å². The van der Waals surface area contributed by atoms with Gasteiger partial charge >= 0.3 is 17.6 Å². The molecular formula is C13H14ClNO6. The topological polar surface area (TPSA) is 95.7 Å². The molecule has 0 aromatic heterocycles. The minimum absolute atomic E-state index is 0.217. The van der Waals surface area contributed by atoms with E-state index in [1.165, 1.54) is 18.2 Å². The summed E-state index contributed by atoms with van der Waals surface area (Å²) in [5, 5.41) is 11.0. The van der Waals surface area contributed by atoms with Gasteiger partial charge in [-0.2, -0.15) is 0 Å². The second-order valence-corrected chi connectivity index (χ2v) is 4.33. The number of nitro benzene ring substituents is 1. The highest BCUT2D eigenvalue weighted by Gasteiger charge is 2.23. The third-order valence-corrected chi connectivity index (χ3v) is 2.87. The van der Waals surface area contributed by atoms with Gasteiger partial charge in [-0.15, -0.1) is 11.6 Å². The zero-order valence-corrected chi connectivity index (χ0v) is 12.3. The molecule has 1 unspecified atom stereocenters. The minimum atomic E-state index is -0.800. The first-order valence-corrected chi connectivity index (χ1v) is 6.65.